The Balaban J connectivity index is 1.84. The normalized spacial score (nSPS) is 20.6. The van der Waals surface area contributed by atoms with Crippen molar-refractivity contribution in [1.29, 1.82) is 0 Å². The molecule has 0 bridgehead atoms. The summed E-state index contributed by atoms with van der Waals surface area (Å²) in [6.07, 6.45) is 2.63. The molecule has 16 heavy (non-hydrogen) atoms. The maximum Gasteiger partial charge on any atom is 0.0547 e. The third kappa shape index (κ3) is 3.29. The zero-order chi connectivity index (χ0) is 11.4. The average molecular weight is 219 g/mol. The molecular weight excluding hydrogens is 198 g/mol. The van der Waals surface area contributed by atoms with Gasteiger partial charge in [0.15, 0.2) is 0 Å². The molecule has 0 aliphatic carbocycles. The van der Waals surface area contributed by atoms with Crippen LogP contribution in [0.15, 0.2) is 18.2 Å². The Kier molecular flexibility index (Phi) is 3.91. The maximum atomic E-state index is 4.53. The Morgan fingerprint density at radius 3 is 3.06 bits per heavy atom. The molecule has 2 rings (SSSR count). The van der Waals surface area contributed by atoms with E-state index in [-0.39, 0.29) is 0 Å². The van der Waals surface area contributed by atoms with Gasteiger partial charge < -0.3 is 5.32 Å². The van der Waals surface area contributed by atoms with E-state index in [1.807, 2.05) is 13.0 Å². The number of nitrogens with zero attached hydrogens (tertiary/aromatic N) is 2. The summed E-state index contributed by atoms with van der Waals surface area (Å²) < 4.78 is 0. The zero-order valence-electron chi connectivity index (χ0n) is 10.2. The van der Waals surface area contributed by atoms with Gasteiger partial charge in [0.05, 0.1) is 5.69 Å². The molecule has 0 spiro atoms. The topological polar surface area (TPSA) is 28.2 Å². The number of pyridine rings is 1. The molecule has 1 unspecified atom stereocenters. The molecule has 1 aliphatic rings. The first-order chi connectivity index (χ1) is 7.74. The lowest BCUT2D eigenvalue weighted by Crippen LogP contribution is -2.35. The van der Waals surface area contributed by atoms with E-state index >= 15 is 0 Å². The van der Waals surface area contributed by atoms with Crippen molar-refractivity contribution in [3.63, 3.8) is 0 Å². The van der Waals surface area contributed by atoms with E-state index in [1.165, 1.54) is 25.1 Å². The van der Waals surface area contributed by atoms with Crippen LogP contribution >= 0.6 is 0 Å². The maximum absolute atomic E-state index is 4.53. The van der Waals surface area contributed by atoms with Crippen LogP contribution in [0.4, 0.5) is 0 Å². The predicted octanol–water partition coefficient (Wildman–Crippen LogP) is 1.57. The molecule has 0 saturated carbocycles. The summed E-state index contributed by atoms with van der Waals surface area (Å²) in [6.45, 7) is 5.29. The lowest BCUT2D eigenvalue weighted by Gasteiger charge is -2.20. The minimum Gasteiger partial charge on any atom is -0.313 e. The molecule has 88 valence electrons. The first-order valence-electron chi connectivity index (χ1n) is 6.08. The highest BCUT2D eigenvalue weighted by molar-refractivity contribution is 5.09. The van der Waals surface area contributed by atoms with Gasteiger partial charge in [0, 0.05) is 24.8 Å². The fourth-order valence-corrected chi connectivity index (χ4v) is 2.32. The van der Waals surface area contributed by atoms with Crippen molar-refractivity contribution in [3.05, 3.63) is 29.6 Å². The molecule has 1 aromatic rings. The van der Waals surface area contributed by atoms with Crippen LogP contribution in [0, 0.1) is 6.92 Å². The minimum atomic E-state index is 0.676. The second-order valence-electron chi connectivity index (χ2n) is 4.76. The molecule has 2 heterocycles. The van der Waals surface area contributed by atoms with Crippen LogP contribution in [0.5, 0.6) is 0 Å². The fourth-order valence-electron chi connectivity index (χ4n) is 2.32. The summed E-state index contributed by atoms with van der Waals surface area (Å²) >= 11 is 0. The molecule has 0 amide bonds. The molecule has 1 aliphatic heterocycles. The molecule has 0 radical (unpaired) electrons. The quantitative estimate of drug-likeness (QED) is 0.833. The van der Waals surface area contributed by atoms with Crippen molar-refractivity contribution in [2.75, 3.05) is 20.1 Å². The van der Waals surface area contributed by atoms with Crippen LogP contribution in [-0.2, 0) is 6.54 Å². The number of rotatable bonds is 4. The Bertz CT molecular complexity index is 332. The second kappa shape index (κ2) is 5.41. The van der Waals surface area contributed by atoms with E-state index in [1.54, 1.807) is 0 Å². The van der Waals surface area contributed by atoms with Gasteiger partial charge in [-0.1, -0.05) is 6.07 Å². The van der Waals surface area contributed by atoms with Crippen LogP contribution in [0.25, 0.3) is 0 Å². The highest BCUT2D eigenvalue weighted by Crippen LogP contribution is 2.08. The van der Waals surface area contributed by atoms with Gasteiger partial charge in [0.25, 0.3) is 0 Å². The van der Waals surface area contributed by atoms with E-state index in [2.05, 4.69) is 34.4 Å². The van der Waals surface area contributed by atoms with Crippen molar-refractivity contribution in [2.24, 2.45) is 0 Å². The number of likely N-dealkylation sites (N-methyl/N-ethyl adjacent to an activating group) is 1. The summed E-state index contributed by atoms with van der Waals surface area (Å²) in [5.74, 6) is 0. The van der Waals surface area contributed by atoms with Crippen molar-refractivity contribution in [2.45, 2.75) is 32.4 Å². The smallest absolute Gasteiger partial charge is 0.0547 e. The predicted molar refractivity (Wildman–Crippen MR) is 66.3 cm³/mol. The molecule has 1 N–H and O–H groups in total. The van der Waals surface area contributed by atoms with Crippen LogP contribution in [0.3, 0.4) is 0 Å². The molecule has 1 aromatic heterocycles. The van der Waals surface area contributed by atoms with Crippen molar-refractivity contribution in [3.8, 4) is 0 Å². The second-order valence-corrected chi connectivity index (χ2v) is 4.76. The van der Waals surface area contributed by atoms with Crippen LogP contribution in [0.1, 0.15) is 24.2 Å². The molecule has 1 saturated heterocycles. The van der Waals surface area contributed by atoms with E-state index < -0.39 is 0 Å². The zero-order valence-corrected chi connectivity index (χ0v) is 10.2. The molecule has 1 atom stereocenters. The molecule has 3 heteroatoms. The molecule has 1 fully saturated rings. The van der Waals surface area contributed by atoms with Crippen molar-refractivity contribution < 1.29 is 0 Å². The number of aromatic nitrogens is 1. The van der Waals surface area contributed by atoms with Gasteiger partial charge in [-0.05, 0) is 45.5 Å². The van der Waals surface area contributed by atoms with Gasteiger partial charge in [-0.25, -0.2) is 0 Å². The SMILES string of the molecule is Cc1cccc(CN(C)CC2CCCN2)n1. The standard InChI is InChI=1S/C13H21N3/c1-11-5-3-6-13(15-11)10-16(2)9-12-7-4-8-14-12/h3,5-6,12,14H,4,7-10H2,1-2H3. The number of aryl methyl sites for hydroxylation is 1. The van der Waals surface area contributed by atoms with Gasteiger partial charge in [-0.3, -0.25) is 9.88 Å². The Hall–Kier alpha value is -0.930. The van der Waals surface area contributed by atoms with E-state index in [4.69, 9.17) is 0 Å². The summed E-state index contributed by atoms with van der Waals surface area (Å²) in [4.78, 5) is 6.88. The highest BCUT2D eigenvalue weighted by Gasteiger charge is 2.15. The van der Waals surface area contributed by atoms with Gasteiger partial charge in [-0.15, -0.1) is 0 Å². The lowest BCUT2D eigenvalue weighted by molar-refractivity contribution is 0.290. The number of nitrogens with one attached hydrogen (secondary N) is 1. The Morgan fingerprint density at radius 1 is 1.50 bits per heavy atom. The summed E-state index contributed by atoms with van der Waals surface area (Å²) in [5, 5.41) is 3.52. The Morgan fingerprint density at radius 2 is 2.38 bits per heavy atom. The number of hydrogen-bond donors (Lipinski definition) is 1. The largest absolute Gasteiger partial charge is 0.313 e. The van der Waals surface area contributed by atoms with Gasteiger partial charge in [0.1, 0.15) is 0 Å². The third-order valence-corrected chi connectivity index (χ3v) is 3.07. The first-order valence-corrected chi connectivity index (χ1v) is 6.08. The number of hydrogen-bond acceptors (Lipinski definition) is 3. The van der Waals surface area contributed by atoms with Crippen molar-refractivity contribution in [1.82, 2.24) is 15.2 Å². The van der Waals surface area contributed by atoms with Gasteiger partial charge in [-0.2, -0.15) is 0 Å². The van der Waals surface area contributed by atoms with Gasteiger partial charge >= 0.3 is 0 Å². The highest BCUT2D eigenvalue weighted by atomic mass is 15.1. The van der Waals surface area contributed by atoms with Gasteiger partial charge in [0.2, 0.25) is 0 Å². The van der Waals surface area contributed by atoms with E-state index in [0.717, 1.165) is 18.8 Å². The fraction of sp³-hybridized carbons (Fsp3) is 0.615. The minimum absolute atomic E-state index is 0.676. The lowest BCUT2D eigenvalue weighted by atomic mass is 10.2. The molecule has 0 aromatic carbocycles. The monoisotopic (exact) mass is 219 g/mol. The summed E-state index contributed by atoms with van der Waals surface area (Å²) in [5.41, 5.74) is 2.27. The van der Waals surface area contributed by atoms with E-state index in [9.17, 15) is 0 Å². The Labute approximate surface area is 97.9 Å². The summed E-state index contributed by atoms with van der Waals surface area (Å²) in [6, 6.07) is 6.90. The summed E-state index contributed by atoms with van der Waals surface area (Å²) in [7, 11) is 2.17. The molecule has 3 nitrogen and oxygen atoms in total. The van der Waals surface area contributed by atoms with Crippen LogP contribution < -0.4 is 5.32 Å². The van der Waals surface area contributed by atoms with Crippen LogP contribution in [-0.4, -0.2) is 36.1 Å². The average Bonchev–Trinajstić information content (AvgIpc) is 2.70. The van der Waals surface area contributed by atoms with Crippen LogP contribution in [0.2, 0.25) is 0 Å². The van der Waals surface area contributed by atoms with E-state index in [0.29, 0.717) is 6.04 Å². The first kappa shape index (κ1) is 11.6. The van der Waals surface area contributed by atoms with Crippen molar-refractivity contribution >= 4 is 0 Å². The third-order valence-electron chi connectivity index (χ3n) is 3.07. The molecular formula is C13H21N3.